The number of hydrogen-bond donors (Lipinski definition) is 2. The average molecular weight is 333 g/mol. The Kier molecular flexibility index (Phi) is 5.86. The van der Waals surface area contributed by atoms with Gasteiger partial charge in [-0.25, -0.2) is 4.79 Å². The van der Waals surface area contributed by atoms with E-state index < -0.39 is 17.4 Å². The molecule has 0 aliphatic heterocycles. The fourth-order valence-corrected chi connectivity index (χ4v) is 3.26. The number of benzene rings is 1. The number of carbonyl (C=O) groups excluding carboxylic acids is 1. The number of carboxylic acids is 1. The molecule has 5 heteroatoms. The summed E-state index contributed by atoms with van der Waals surface area (Å²) < 4.78 is 5.38. The van der Waals surface area contributed by atoms with Crippen molar-refractivity contribution in [1.29, 1.82) is 0 Å². The smallest absolute Gasteiger partial charge is 0.326 e. The molecule has 1 saturated carbocycles. The van der Waals surface area contributed by atoms with Crippen LogP contribution in [0.3, 0.4) is 0 Å². The summed E-state index contributed by atoms with van der Waals surface area (Å²) in [4.78, 5) is 24.3. The zero-order valence-electron chi connectivity index (χ0n) is 14.7. The molecule has 2 N–H and O–H groups in total. The van der Waals surface area contributed by atoms with Gasteiger partial charge in [-0.15, -0.1) is 0 Å². The molecule has 0 bridgehead atoms. The molecule has 0 spiro atoms. The van der Waals surface area contributed by atoms with Gasteiger partial charge in [-0.2, -0.15) is 0 Å². The van der Waals surface area contributed by atoms with Gasteiger partial charge in [-0.1, -0.05) is 38.3 Å². The standard InChI is InChI=1S/C19H27NO4/c1-4-5-7-15(17(21)22)20-18(23)19(10-6-11-19)14-9-8-13(2)16(12-14)24-3/h8-9,12,15H,4-7,10-11H2,1-3H3,(H,20,23)(H,21,22)/t15-/m0/s1. The largest absolute Gasteiger partial charge is 0.496 e. The van der Waals surface area contributed by atoms with E-state index in [0.29, 0.717) is 6.42 Å². The van der Waals surface area contributed by atoms with Gasteiger partial charge in [0.2, 0.25) is 5.91 Å². The van der Waals surface area contributed by atoms with E-state index in [1.54, 1.807) is 7.11 Å². The number of rotatable bonds is 8. The molecule has 1 aromatic rings. The number of amides is 1. The lowest BCUT2D eigenvalue weighted by atomic mass is 9.63. The Morgan fingerprint density at radius 1 is 1.38 bits per heavy atom. The number of ether oxygens (including phenoxy) is 1. The highest BCUT2D eigenvalue weighted by Crippen LogP contribution is 2.45. The van der Waals surface area contributed by atoms with Gasteiger partial charge in [-0.3, -0.25) is 4.79 Å². The van der Waals surface area contributed by atoms with Gasteiger partial charge in [0, 0.05) is 0 Å². The molecule has 1 amide bonds. The number of aryl methyl sites for hydroxylation is 1. The maximum Gasteiger partial charge on any atom is 0.326 e. The number of hydrogen-bond acceptors (Lipinski definition) is 3. The molecule has 1 aliphatic rings. The summed E-state index contributed by atoms with van der Waals surface area (Å²) in [6.07, 6.45) is 4.60. The molecule has 24 heavy (non-hydrogen) atoms. The highest BCUT2D eigenvalue weighted by molar-refractivity contribution is 5.92. The van der Waals surface area contributed by atoms with Crippen molar-refractivity contribution in [3.05, 3.63) is 29.3 Å². The molecule has 0 unspecified atom stereocenters. The Morgan fingerprint density at radius 3 is 2.58 bits per heavy atom. The summed E-state index contributed by atoms with van der Waals surface area (Å²) in [5.41, 5.74) is 1.30. The first kappa shape index (κ1) is 18.3. The van der Waals surface area contributed by atoms with E-state index in [2.05, 4.69) is 5.32 Å². The van der Waals surface area contributed by atoms with Gasteiger partial charge in [0.15, 0.2) is 0 Å². The SMILES string of the molecule is CCCC[C@H](NC(=O)C1(c2ccc(C)c(OC)c2)CCC1)C(=O)O. The first-order valence-electron chi connectivity index (χ1n) is 8.63. The van der Waals surface area contributed by atoms with Crippen LogP contribution in [-0.4, -0.2) is 30.1 Å². The summed E-state index contributed by atoms with van der Waals surface area (Å²) >= 11 is 0. The van der Waals surface area contributed by atoms with Crippen molar-refractivity contribution in [3.8, 4) is 5.75 Å². The zero-order valence-corrected chi connectivity index (χ0v) is 14.7. The molecule has 1 fully saturated rings. The lowest BCUT2D eigenvalue weighted by molar-refractivity contribution is -0.143. The predicted molar refractivity (Wildman–Crippen MR) is 92.4 cm³/mol. The van der Waals surface area contributed by atoms with Gasteiger partial charge in [0.25, 0.3) is 0 Å². The number of unbranched alkanes of at least 4 members (excludes halogenated alkanes) is 1. The monoisotopic (exact) mass is 333 g/mol. The van der Waals surface area contributed by atoms with Crippen LogP contribution in [0.1, 0.15) is 56.6 Å². The van der Waals surface area contributed by atoms with E-state index >= 15 is 0 Å². The van der Waals surface area contributed by atoms with Crippen molar-refractivity contribution in [2.75, 3.05) is 7.11 Å². The molecule has 0 heterocycles. The van der Waals surface area contributed by atoms with E-state index in [1.807, 2.05) is 32.0 Å². The summed E-state index contributed by atoms with van der Waals surface area (Å²) in [5.74, 6) is -0.386. The van der Waals surface area contributed by atoms with Crippen molar-refractivity contribution < 1.29 is 19.4 Å². The highest BCUT2D eigenvalue weighted by atomic mass is 16.5. The molecule has 132 valence electrons. The Morgan fingerprint density at radius 2 is 2.08 bits per heavy atom. The lowest BCUT2D eigenvalue weighted by Crippen LogP contribution is -2.53. The molecular formula is C19H27NO4. The summed E-state index contributed by atoms with van der Waals surface area (Å²) in [7, 11) is 1.62. The maximum atomic E-state index is 12.9. The molecule has 1 aromatic carbocycles. The molecule has 1 atom stereocenters. The number of aliphatic carboxylic acids is 1. The van der Waals surface area contributed by atoms with E-state index in [1.165, 1.54) is 0 Å². The van der Waals surface area contributed by atoms with Gasteiger partial charge in [-0.05, 0) is 43.4 Å². The number of nitrogens with one attached hydrogen (secondary N) is 1. The summed E-state index contributed by atoms with van der Waals surface area (Å²) in [6.45, 7) is 3.97. The molecule has 0 aromatic heterocycles. The second-order valence-corrected chi connectivity index (χ2v) is 6.63. The Hall–Kier alpha value is -2.04. The minimum atomic E-state index is -0.965. The Bertz CT molecular complexity index is 607. The second kappa shape index (κ2) is 7.69. The fraction of sp³-hybridized carbons (Fsp3) is 0.579. The van der Waals surface area contributed by atoms with Crippen molar-refractivity contribution in [2.24, 2.45) is 0 Å². The second-order valence-electron chi connectivity index (χ2n) is 6.63. The first-order valence-corrected chi connectivity index (χ1v) is 8.63. The van der Waals surface area contributed by atoms with Crippen LogP contribution in [0.15, 0.2) is 18.2 Å². The Labute approximate surface area is 143 Å². The normalized spacial score (nSPS) is 16.8. The van der Waals surface area contributed by atoms with Gasteiger partial charge >= 0.3 is 5.97 Å². The first-order chi connectivity index (χ1) is 11.4. The summed E-state index contributed by atoms with van der Waals surface area (Å²) in [5, 5.41) is 12.1. The van der Waals surface area contributed by atoms with E-state index in [0.717, 1.165) is 49.0 Å². The van der Waals surface area contributed by atoms with Crippen molar-refractivity contribution >= 4 is 11.9 Å². The van der Waals surface area contributed by atoms with Crippen LogP contribution in [0.25, 0.3) is 0 Å². The van der Waals surface area contributed by atoms with Crippen LogP contribution in [0.4, 0.5) is 0 Å². The minimum absolute atomic E-state index is 0.178. The fourth-order valence-electron chi connectivity index (χ4n) is 3.26. The van der Waals surface area contributed by atoms with Crippen LogP contribution in [-0.2, 0) is 15.0 Å². The molecule has 0 saturated heterocycles. The van der Waals surface area contributed by atoms with Gasteiger partial charge in [0.1, 0.15) is 11.8 Å². The highest BCUT2D eigenvalue weighted by Gasteiger charge is 2.46. The predicted octanol–water partition coefficient (Wildman–Crippen LogP) is 3.18. The van der Waals surface area contributed by atoms with Gasteiger partial charge in [0.05, 0.1) is 12.5 Å². The molecule has 0 radical (unpaired) electrons. The summed E-state index contributed by atoms with van der Waals surface area (Å²) in [6, 6.07) is 5.00. The molecular weight excluding hydrogens is 306 g/mol. The van der Waals surface area contributed by atoms with Crippen molar-refractivity contribution in [2.45, 2.75) is 63.8 Å². The minimum Gasteiger partial charge on any atom is -0.496 e. The number of carboxylic acid groups (broad SMARTS) is 1. The Balaban J connectivity index is 2.22. The van der Waals surface area contributed by atoms with Crippen LogP contribution in [0, 0.1) is 6.92 Å². The third-order valence-corrected chi connectivity index (χ3v) is 5.05. The van der Waals surface area contributed by atoms with Crippen LogP contribution in [0.2, 0.25) is 0 Å². The number of methoxy groups -OCH3 is 1. The maximum absolute atomic E-state index is 12.9. The number of carbonyl (C=O) groups is 2. The third kappa shape index (κ3) is 3.55. The third-order valence-electron chi connectivity index (χ3n) is 5.05. The molecule has 5 nitrogen and oxygen atoms in total. The van der Waals surface area contributed by atoms with Crippen LogP contribution in [0.5, 0.6) is 5.75 Å². The quantitative estimate of drug-likeness (QED) is 0.766. The average Bonchev–Trinajstić information content (AvgIpc) is 2.51. The topological polar surface area (TPSA) is 75.6 Å². The zero-order chi connectivity index (χ0) is 17.7. The molecule has 2 rings (SSSR count). The van der Waals surface area contributed by atoms with E-state index in [4.69, 9.17) is 4.74 Å². The van der Waals surface area contributed by atoms with Crippen LogP contribution >= 0.6 is 0 Å². The van der Waals surface area contributed by atoms with Crippen molar-refractivity contribution in [1.82, 2.24) is 5.32 Å². The molecule has 1 aliphatic carbocycles. The van der Waals surface area contributed by atoms with Crippen LogP contribution < -0.4 is 10.1 Å². The van der Waals surface area contributed by atoms with E-state index in [-0.39, 0.29) is 5.91 Å². The van der Waals surface area contributed by atoms with E-state index in [9.17, 15) is 14.7 Å². The lowest BCUT2D eigenvalue weighted by Gasteiger charge is -2.41. The van der Waals surface area contributed by atoms with Gasteiger partial charge < -0.3 is 15.2 Å². The van der Waals surface area contributed by atoms with Crippen molar-refractivity contribution in [3.63, 3.8) is 0 Å².